The molecule has 0 aromatic heterocycles. The van der Waals surface area contributed by atoms with Crippen molar-refractivity contribution in [2.75, 3.05) is 11.6 Å². The first-order valence-electron chi connectivity index (χ1n) is 7.87. The average molecular weight is 395 g/mol. The standard InChI is InChI=1S/C18H22N2O4S2/c1-18(2,3)20-26(23,24)16-7-5-6-14(12-16)19-17(21)13-8-10-15(11-9-13)25(4)22/h5-12,20H,1-4H3,(H,19,21). The molecule has 0 aliphatic heterocycles. The Morgan fingerprint density at radius 3 is 2.19 bits per heavy atom. The summed E-state index contributed by atoms with van der Waals surface area (Å²) in [6.45, 7) is 5.26. The summed E-state index contributed by atoms with van der Waals surface area (Å²) in [5.41, 5.74) is 0.148. The molecular formula is C18H22N2O4S2. The fraction of sp³-hybridized carbons (Fsp3) is 0.278. The predicted molar refractivity (Wildman–Crippen MR) is 103 cm³/mol. The van der Waals surface area contributed by atoms with Gasteiger partial charge in [-0.1, -0.05) is 6.07 Å². The lowest BCUT2D eigenvalue weighted by Crippen LogP contribution is -2.40. The number of sulfonamides is 1. The van der Waals surface area contributed by atoms with E-state index in [9.17, 15) is 17.4 Å². The summed E-state index contributed by atoms with van der Waals surface area (Å²) in [5.74, 6) is -0.378. The van der Waals surface area contributed by atoms with Gasteiger partial charge in [-0.05, 0) is 63.2 Å². The van der Waals surface area contributed by atoms with E-state index < -0.39 is 26.4 Å². The normalized spacial score (nSPS) is 13.2. The van der Waals surface area contributed by atoms with Gasteiger partial charge in [0.15, 0.2) is 0 Å². The van der Waals surface area contributed by atoms with Crippen molar-refractivity contribution in [1.82, 2.24) is 4.72 Å². The molecule has 8 heteroatoms. The van der Waals surface area contributed by atoms with E-state index in [2.05, 4.69) is 10.0 Å². The van der Waals surface area contributed by atoms with Gasteiger partial charge in [0, 0.05) is 38.7 Å². The van der Waals surface area contributed by atoms with Crippen molar-refractivity contribution in [1.29, 1.82) is 0 Å². The fourth-order valence-electron chi connectivity index (χ4n) is 2.20. The van der Waals surface area contributed by atoms with E-state index in [4.69, 9.17) is 0 Å². The van der Waals surface area contributed by atoms with E-state index >= 15 is 0 Å². The monoisotopic (exact) mass is 394 g/mol. The van der Waals surface area contributed by atoms with Gasteiger partial charge >= 0.3 is 0 Å². The molecule has 140 valence electrons. The van der Waals surface area contributed by atoms with Crippen LogP contribution in [0.4, 0.5) is 5.69 Å². The van der Waals surface area contributed by atoms with Crippen molar-refractivity contribution in [3.05, 3.63) is 54.1 Å². The van der Waals surface area contributed by atoms with Crippen molar-refractivity contribution in [2.45, 2.75) is 36.1 Å². The zero-order valence-corrected chi connectivity index (χ0v) is 16.7. The number of benzene rings is 2. The Labute approximate surface area is 156 Å². The molecule has 0 fully saturated rings. The molecule has 0 radical (unpaired) electrons. The van der Waals surface area contributed by atoms with Crippen LogP contribution in [0, 0.1) is 0 Å². The van der Waals surface area contributed by atoms with Gasteiger partial charge in [0.25, 0.3) is 5.91 Å². The van der Waals surface area contributed by atoms with Crippen LogP contribution in [0.2, 0.25) is 0 Å². The molecule has 2 N–H and O–H groups in total. The van der Waals surface area contributed by atoms with Crippen LogP contribution < -0.4 is 10.0 Å². The Kier molecular flexibility index (Phi) is 6.00. The highest BCUT2D eigenvalue weighted by molar-refractivity contribution is 7.89. The maximum Gasteiger partial charge on any atom is 0.255 e. The SMILES string of the molecule is CS(=O)c1ccc(C(=O)Nc2cccc(S(=O)(=O)NC(C)(C)C)c2)cc1. The van der Waals surface area contributed by atoms with Gasteiger partial charge in [0.05, 0.1) is 4.90 Å². The Bertz CT molecular complexity index is 930. The Balaban J connectivity index is 2.20. The largest absolute Gasteiger partial charge is 0.322 e. The molecule has 0 bridgehead atoms. The number of hydrogen-bond acceptors (Lipinski definition) is 4. The van der Waals surface area contributed by atoms with Gasteiger partial charge < -0.3 is 5.32 Å². The molecule has 0 spiro atoms. The molecule has 2 aromatic rings. The van der Waals surface area contributed by atoms with E-state index in [1.165, 1.54) is 12.1 Å². The first-order valence-corrected chi connectivity index (χ1v) is 10.9. The minimum atomic E-state index is -3.69. The van der Waals surface area contributed by atoms with Gasteiger partial charge in [-0.2, -0.15) is 0 Å². The second-order valence-corrected chi connectivity index (χ2v) is 9.88. The molecule has 0 saturated heterocycles. The molecule has 1 atom stereocenters. The molecule has 26 heavy (non-hydrogen) atoms. The molecule has 1 amide bonds. The van der Waals surface area contributed by atoms with Gasteiger partial charge in [-0.15, -0.1) is 0 Å². The first kappa shape index (κ1) is 20.3. The topological polar surface area (TPSA) is 92.3 Å². The summed E-state index contributed by atoms with van der Waals surface area (Å²) in [5, 5.41) is 2.68. The number of amides is 1. The van der Waals surface area contributed by atoms with Gasteiger partial charge in [0.1, 0.15) is 0 Å². The number of anilines is 1. The van der Waals surface area contributed by atoms with E-state index in [-0.39, 0.29) is 10.8 Å². The smallest absolute Gasteiger partial charge is 0.255 e. The van der Waals surface area contributed by atoms with Gasteiger partial charge in [-0.3, -0.25) is 9.00 Å². The van der Waals surface area contributed by atoms with Crippen molar-refractivity contribution >= 4 is 32.4 Å². The summed E-state index contributed by atoms with van der Waals surface area (Å²) in [6, 6.07) is 12.5. The Hall–Kier alpha value is -2.03. The minimum Gasteiger partial charge on any atom is -0.322 e. The molecular weight excluding hydrogens is 372 g/mol. The van der Waals surface area contributed by atoms with Crippen LogP contribution in [0.25, 0.3) is 0 Å². The highest BCUT2D eigenvalue weighted by Gasteiger charge is 2.22. The van der Waals surface area contributed by atoms with Crippen molar-refractivity contribution < 1.29 is 17.4 Å². The van der Waals surface area contributed by atoms with Gasteiger partial charge in [-0.25, -0.2) is 13.1 Å². The molecule has 2 rings (SSSR count). The molecule has 0 saturated carbocycles. The summed E-state index contributed by atoms with van der Waals surface area (Å²) in [6.07, 6.45) is 1.56. The number of hydrogen-bond donors (Lipinski definition) is 2. The summed E-state index contributed by atoms with van der Waals surface area (Å²) >= 11 is 0. The lowest BCUT2D eigenvalue weighted by atomic mass is 10.1. The predicted octanol–water partition coefficient (Wildman–Crippen LogP) is 2.75. The second-order valence-electron chi connectivity index (χ2n) is 6.82. The maximum atomic E-state index is 12.4. The van der Waals surface area contributed by atoms with Gasteiger partial charge in [0.2, 0.25) is 10.0 Å². The lowest BCUT2D eigenvalue weighted by Gasteiger charge is -2.20. The van der Waals surface area contributed by atoms with Crippen LogP contribution in [0.5, 0.6) is 0 Å². The number of nitrogens with one attached hydrogen (secondary N) is 2. The quantitative estimate of drug-likeness (QED) is 0.816. The van der Waals surface area contributed by atoms with Crippen molar-refractivity contribution in [3.8, 4) is 0 Å². The third-order valence-corrected chi connectivity index (χ3v) is 5.98. The van der Waals surface area contributed by atoms with Crippen LogP contribution in [-0.2, 0) is 20.8 Å². The molecule has 0 aliphatic carbocycles. The summed E-state index contributed by atoms with van der Waals surface area (Å²) in [7, 11) is -4.81. The van der Waals surface area contributed by atoms with E-state index in [1.54, 1.807) is 63.4 Å². The van der Waals surface area contributed by atoms with Crippen LogP contribution in [0.3, 0.4) is 0 Å². The molecule has 0 heterocycles. The first-order chi connectivity index (χ1) is 12.0. The fourth-order valence-corrected chi connectivity index (χ4v) is 4.19. The molecule has 1 unspecified atom stereocenters. The molecule has 6 nitrogen and oxygen atoms in total. The Morgan fingerprint density at radius 1 is 1.04 bits per heavy atom. The summed E-state index contributed by atoms with van der Waals surface area (Å²) in [4.78, 5) is 13.0. The third-order valence-electron chi connectivity index (χ3n) is 3.29. The van der Waals surface area contributed by atoms with Crippen molar-refractivity contribution in [3.63, 3.8) is 0 Å². The maximum absolute atomic E-state index is 12.4. The third kappa shape index (κ3) is 5.48. The van der Waals surface area contributed by atoms with Crippen LogP contribution >= 0.6 is 0 Å². The highest BCUT2D eigenvalue weighted by atomic mass is 32.2. The lowest BCUT2D eigenvalue weighted by molar-refractivity contribution is 0.102. The van der Waals surface area contributed by atoms with E-state index in [0.29, 0.717) is 16.1 Å². The van der Waals surface area contributed by atoms with E-state index in [1.807, 2.05) is 0 Å². The zero-order valence-electron chi connectivity index (χ0n) is 15.1. The Morgan fingerprint density at radius 2 is 1.65 bits per heavy atom. The highest BCUT2D eigenvalue weighted by Crippen LogP contribution is 2.18. The second kappa shape index (κ2) is 7.69. The minimum absolute atomic E-state index is 0.0713. The molecule has 2 aromatic carbocycles. The van der Waals surface area contributed by atoms with Crippen molar-refractivity contribution in [2.24, 2.45) is 0 Å². The summed E-state index contributed by atoms with van der Waals surface area (Å²) < 4.78 is 38.8. The zero-order chi connectivity index (χ0) is 19.5. The number of rotatable bonds is 5. The molecule has 0 aliphatic rings. The van der Waals surface area contributed by atoms with Crippen LogP contribution in [0.1, 0.15) is 31.1 Å². The van der Waals surface area contributed by atoms with Crippen LogP contribution in [0.15, 0.2) is 58.3 Å². The van der Waals surface area contributed by atoms with E-state index in [0.717, 1.165) is 0 Å². The van der Waals surface area contributed by atoms with Crippen LogP contribution in [-0.4, -0.2) is 30.3 Å². The average Bonchev–Trinajstić information content (AvgIpc) is 2.53. The number of carbonyl (C=O) groups excluding carboxylic acids is 1. The number of carbonyl (C=O) groups is 1.